The van der Waals surface area contributed by atoms with Crippen LogP contribution in [0.3, 0.4) is 0 Å². The molecule has 2 aromatic carbocycles. The summed E-state index contributed by atoms with van der Waals surface area (Å²) < 4.78 is 17.0. The van der Waals surface area contributed by atoms with Crippen LogP contribution >= 0.6 is 15.9 Å². The second-order valence-corrected chi connectivity index (χ2v) is 6.32. The van der Waals surface area contributed by atoms with Gasteiger partial charge in [0, 0.05) is 10.2 Å². The number of anilines is 1. The fourth-order valence-electron chi connectivity index (χ4n) is 2.23. The average Bonchev–Trinajstić information content (AvgIpc) is 2.63. The molecule has 25 heavy (non-hydrogen) atoms. The SMILES string of the molecule is C[C@@H](OC(=O)c1ccc2c(c1)OCCO2)C(=O)Nc1ccc(Br)cc1. The van der Waals surface area contributed by atoms with Crippen molar-refractivity contribution in [2.45, 2.75) is 13.0 Å². The van der Waals surface area contributed by atoms with E-state index < -0.39 is 18.0 Å². The van der Waals surface area contributed by atoms with Crippen LogP contribution in [0.15, 0.2) is 46.9 Å². The van der Waals surface area contributed by atoms with Crippen molar-refractivity contribution in [1.29, 1.82) is 0 Å². The quantitative estimate of drug-likeness (QED) is 0.788. The second kappa shape index (κ2) is 7.57. The molecule has 6 nitrogen and oxygen atoms in total. The molecule has 0 saturated carbocycles. The van der Waals surface area contributed by atoms with Gasteiger partial charge < -0.3 is 19.5 Å². The Morgan fingerprint density at radius 1 is 1.08 bits per heavy atom. The minimum atomic E-state index is -0.940. The number of fused-ring (bicyclic) bond motifs is 1. The maximum atomic E-state index is 12.2. The van der Waals surface area contributed by atoms with E-state index in [-0.39, 0.29) is 0 Å². The summed E-state index contributed by atoms with van der Waals surface area (Å²) in [7, 11) is 0. The highest BCUT2D eigenvalue weighted by molar-refractivity contribution is 9.10. The first-order valence-corrected chi connectivity index (χ1v) is 8.49. The molecule has 1 N–H and O–H groups in total. The van der Waals surface area contributed by atoms with Crippen LogP contribution in [0.5, 0.6) is 11.5 Å². The van der Waals surface area contributed by atoms with Crippen LogP contribution in [0.2, 0.25) is 0 Å². The van der Waals surface area contributed by atoms with Gasteiger partial charge in [0.1, 0.15) is 13.2 Å². The highest BCUT2D eigenvalue weighted by Crippen LogP contribution is 2.31. The molecular formula is C18H16BrNO5. The number of carbonyl (C=O) groups is 2. The second-order valence-electron chi connectivity index (χ2n) is 5.40. The van der Waals surface area contributed by atoms with E-state index in [1.807, 2.05) is 12.1 Å². The van der Waals surface area contributed by atoms with E-state index in [1.165, 1.54) is 6.92 Å². The van der Waals surface area contributed by atoms with Gasteiger partial charge in [-0.15, -0.1) is 0 Å². The van der Waals surface area contributed by atoms with E-state index >= 15 is 0 Å². The zero-order valence-electron chi connectivity index (χ0n) is 13.5. The fourth-order valence-corrected chi connectivity index (χ4v) is 2.49. The summed E-state index contributed by atoms with van der Waals surface area (Å²) in [6.07, 6.45) is -0.940. The molecule has 0 aliphatic carbocycles. The highest BCUT2D eigenvalue weighted by Gasteiger charge is 2.21. The Kier molecular flexibility index (Phi) is 5.23. The first-order valence-electron chi connectivity index (χ1n) is 7.70. The molecule has 0 bridgehead atoms. The topological polar surface area (TPSA) is 73.9 Å². The Bertz CT molecular complexity index is 791. The maximum absolute atomic E-state index is 12.2. The van der Waals surface area contributed by atoms with Crippen LogP contribution in [0.1, 0.15) is 17.3 Å². The summed E-state index contributed by atoms with van der Waals surface area (Å²) in [6, 6.07) is 11.9. The van der Waals surface area contributed by atoms with E-state index in [1.54, 1.807) is 30.3 Å². The van der Waals surface area contributed by atoms with Crippen molar-refractivity contribution in [3.05, 3.63) is 52.5 Å². The predicted molar refractivity (Wildman–Crippen MR) is 95.1 cm³/mol. The standard InChI is InChI=1S/C18H16BrNO5/c1-11(17(21)20-14-5-3-13(19)4-6-14)25-18(22)12-2-7-15-16(10-12)24-9-8-23-15/h2-7,10-11H,8-9H2,1H3,(H,20,21)/t11-/m1/s1. The molecule has 1 heterocycles. The van der Waals surface area contributed by atoms with E-state index in [4.69, 9.17) is 14.2 Å². The first-order chi connectivity index (χ1) is 12.0. The van der Waals surface area contributed by atoms with E-state index in [9.17, 15) is 9.59 Å². The summed E-state index contributed by atoms with van der Waals surface area (Å²) in [4.78, 5) is 24.4. The van der Waals surface area contributed by atoms with E-state index in [0.717, 1.165) is 4.47 Å². The highest BCUT2D eigenvalue weighted by atomic mass is 79.9. The molecule has 3 rings (SSSR count). The molecule has 0 unspecified atom stereocenters. The van der Waals surface area contributed by atoms with Gasteiger partial charge >= 0.3 is 5.97 Å². The van der Waals surface area contributed by atoms with Crippen molar-refractivity contribution in [2.24, 2.45) is 0 Å². The summed E-state index contributed by atoms with van der Waals surface area (Å²) in [6.45, 7) is 2.42. The van der Waals surface area contributed by atoms with Crippen molar-refractivity contribution in [3.8, 4) is 11.5 Å². The number of nitrogens with one attached hydrogen (secondary N) is 1. The van der Waals surface area contributed by atoms with Gasteiger partial charge in [-0.1, -0.05) is 15.9 Å². The number of ether oxygens (including phenoxy) is 3. The summed E-state index contributed by atoms with van der Waals surface area (Å²) >= 11 is 3.32. The normalized spacial score (nSPS) is 13.7. The molecule has 0 aromatic heterocycles. The molecule has 7 heteroatoms. The van der Waals surface area contributed by atoms with Gasteiger partial charge in [0.2, 0.25) is 0 Å². The van der Waals surface area contributed by atoms with E-state index in [2.05, 4.69) is 21.2 Å². The largest absolute Gasteiger partial charge is 0.486 e. The lowest BCUT2D eigenvalue weighted by Gasteiger charge is -2.19. The minimum absolute atomic E-state index is 0.299. The lowest BCUT2D eigenvalue weighted by molar-refractivity contribution is -0.123. The molecule has 130 valence electrons. The molecule has 0 fully saturated rings. The molecule has 1 atom stereocenters. The van der Waals surface area contributed by atoms with Crippen molar-refractivity contribution in [1.82, 2.24) is 0 Å². The summed E-state index contributed by atoms with van der Waals surface area (Å²) in [5.41, 5.74) is 0.919. The van der Waals surface area contributed by atoms with Crippen LogP contribution in [-0.4, -0.2) is 31.2 Å². The van der Waals surface area contributed by atoms with Crippen molar-refractivity contribution in [3.63, 3.8) is 0 Å². The first kappa shape index (κ1) is 17.3. The molecule has 0 radical (unpaired) electrons. The van der Waals surface area contributed by atoms with Gasteiger partial charge in [0.15, 0.2) is 17.6 Å². The van der Waals surface area contributed by atoms with Gasteiger partial charge in [-0.25, -0.2) is 4.79 Å². The number of benzene rings is 2. The number of halogens is 1. The molecule has 1 aliphatic rings. The fraction of sp³-hybridized carbons (Fsp3) is 0.222. The maximum Gasteiger partial charge on any atom is 0.339 e. The Hall–Kier alpha value is -2.54. The van der Waals surface area contributed by atoms with Crippen LogP contribution in [0.25, 0.3) is 0 Å². The van der Waals surface area contributed by atoms with Gasteiger partial charge in [-0.3, -0.25) is 4.79 Å². The van der Waals surface area contributed by atoms with Crippen LogP contribution in [-0.2, 0) is 9.53 Å². The number of hydrogen-bond acceptors (Lipinski definition) is 5. The molecule has 0 saturated heterocycles. The molecular weight excluding hydrogens is 390 g/mol. The van der Waals surface area contributed by atoms with Gasteiger partial charge in [0.05, 0.1) is 5.56 Å². The predicted octanol–water partition coefficient (Wildman–Crippen LogP) is 3.40. The molecule has 0 spiro atoms. The molecule has 2 aromatic rings. The lowest BCUT2D eigenvalue weighted by Crippen LogP contribution is -2.30. The number of amides is 1. The lowest BCUT2D eigenvalue weighted by atomic mass is 10.2. The summed E-state index contributed by atoms with van der Waals surface area (Å²) in [5, 5.41) is 2.69. The zero-order chi connectivity index (χ0) is 17.8. The zero-order valence-corrected chi connectivity index (χ0v) is 15.0. The number of rotatable bonds is 4. The van der Waals surface area contributed by atoms with Crippen LogP contribution in [0.4, 0.5) is 5.69 Å². The van der Waals surface area contributed by atoms with Crippen molar-refractivity contribution >= 4 is 33.5 Å². The monoisotopic (exact) mass is 405 g/mol. The smallest absolute Gasteiger partial charge is 0.339 e. The Morgan fingerprint density at radius 2 is 1.76 bits per heavy atom. The average molecular weight is 406 g/mol. The van der Waals surface area contributed by atoms with Crippen LogP contribution in [0, 0.1) is 0 Å². The van der Waals surface area contributed by atoms with Crippen LogP contribution < -0.4 is 14.8 Å². The van der Waals surface area contributed by atoms with E-state index in [0.29, 0.717) is 36.0 Å². The third kappa shape index (κ3) is 4.30. The number of hydrogen-bond donors (Lipinski definition) is 1. The number of esters is 1. The molecule has 1 amide bonds. The third-order valence-electron chi connectivity index (χ3n) is 3.54. The van der Waals surface area contributed by atoms with Gasteiger partial charge in [-0.2, -0.15) is 0 Å². The van der Waals surface area contributed by atoms with Gasteiger partial charge in [-0.05, 0) is 49.4 Å². The summed E-state index contributed by atoms with van der Waals surface area (Å²) in [5.74, 6) is 0.0696. The van der Waals surface area contributed by atoms with Crippen molar-refractivity contribution in [2.75, 3.05) is 18.5 Å². The minimum Gasteiger partial charge on any atom is -0.486 e. The number of carbonyl (C=O) groups excluding carboxylic acids is 2. The molecule has 1 aliphatic heterocycles. The Labute approximate surface area is 153 Å². The Morgan fingerprint density at radius 3 is 2.48 bits per heavy atom. The van der Waals surface area contributed by atoms with Gasteiger partial charge in [0.25, 0.3) is 5.91 Å². The third-order valence-corrected chi connectivity index (χ3v) is 4.07. The Balaban J connectivity index is 1.61. The van der Waals surface area contributed by atoms with Crippen molar-refractivity contribution < 1.29 is 23.8 Å².